The normalized spacial score (nSPS) is 31.4. The number of nitrogens with one attached hydrogen (secondary N) is 2. The second-order valence-corrected chi connectivity index (χ2v) is 7.55. The van der Waals surface area contributed by atoms with Crippen molar-refractivity contribution in [2.24, 2.45) is 5.92 Å². The molecule has 4 rings (SSSR count). The van der Waals surface area contributed by atoms with Crippen LogP contribution in [-0.4, -0.2) is 61.8 Å². The summed E-state index contributed by atoms with van der Waals surface area (Å²) >= 11 is 0. The SMILES string of the molecule is O=C(c1ccco1)N1CCC(NC2CCCC2C2COCCN2)CC1. The van der Waals surface area contributed by atoms with Gasteiger partial charge in [-0.2, -0.15) is 0 Å². The molecule has 138 valence electrons. The molecule has 3 aliphatic rings. The predicted molar refractivity (Wildman–Crippen MR) is 94.5 cm³/mol. The van der Waals surface area contributed by atoms with Crippen LogP contribution in [0.1, 0.15) is 42.7 Å². The third kappa shape index (κ3) is 3.91. The highest BCUT2D eigenvalue weighted by Gasteiger charge is 2.36. The van der Waals surface area contributed by atoms with Crippen LogP contribution in [0.5, 0.6) is 0 Å². The molecule has 3 fully saturated rings. The maximum absolute atomic E-state index is 12.4. The summed E-state index contributed by atoms with van der Waals surface area (Å²) < 4.78 is 10.9. The Kier molecular flexibility index (Phi) is 5.39. The molecule has 25 heavy (non-hydrogen) atoms. The molecule has 1 saturated carbocycles. The molecule has 6 heteroatoms. The highest BCUT2D eigenvalue weighted by Crippen LogP contribution is 2.30. The van der Waals surface area contributed by atoms with E-state index in [1.807, 2.05) is 4.90 Å². The van der Waals surface area contributed by atoms with E-state index in [4.69, 9.17) is 9.15 Å². The van der Waals surface area contributed by atoms with Crippen molar-refractivity contribution < 1.29 is 13.9 Å². The topological polar surface area (TPSA) is 66.7 Å². The van der Waals surface area contributed by atoms with Crippen LogP contribution in [0.3, 0.4) is 0 Å². The number of rotatable bonds is 4. The fourth-order valence-electron chi connectivity index (χ4n) is 4.65. The minimum Gasteiger partial charge on any atom is -0.459 e. The van der Waals surface area contributed by atoms with Crippen LogP contribution in [0.4, 0.5) is 0 Å². The van der Waals surface area contributed by atoms with Crippen LogP contribution in [-0.2, 0) is 4.74 Å². The highest BCUT2D eigenvalue weighted by atomic mass is 16.5. The lowest BCUT2D eigenvalue weighted by atomic mass is 9.92. The van der Waals surface area contributed by atoms with Crippen LogP contribution in [0.25, 0.3) is 0 Å². The minimum atomic E-state index is 0.0192. The molecular formula is C19H29N3O3. The van der Waals surface area contributed by atoms with Crippen molar-refractivity contribution in [3.63, 3.8) is 0 Å². The van der Waals surface area contributed by atoms with E-state index in [1.165, 1.54) is 19.3 Å². The van der Waals surface area contributed by atoms with Crippen molar-refractivity contribution in [1.82, 2.24) is 15.5 Å². The molecule has 3 atom stereocenters. The minimum absolute atomic E-state index is 0.0192. The molecule has 3 unspecified atom stereocenters. The standard InChI is InChI=1S/C19H29N3O3/c23-19(18-5-2-11-25-18)22-9-6-14(7-10-22)21-16-4-1-3-15(16)17-13-24-12-8-20-17/h2,5,11,14-17,20-21H,1,3-4,6-10,12-13H2. The Bertz CT molecular complexity index is 548. The number of amides is 1. The van der Waals surface area contributed by atoms with E-state index < -0.39 is 0 Å². The van der Waals surface area contributed by atoms with Gasteiger partial charge in [0.15, 0.2) is 5.76 Å². The highest BCUT2D eigenvalue weighted by molar-refractivity contribution is 5.91. The number of carbonyl (C=O) groups excluding carboxylic acids is 1. The summed E-state index contributed by atoms with van der Waals surface area (Å²) in [6.07, 6.45) is 7.44. The van der Waals surface area contributed by atoms with E-state index in [1.54, 1.807) is 18.4 Å². The molecule has 0 bridgehead atoms. The zero-order chi connectivity index (χ0) is 17.1. The first-order chi connectivity index (χ1) is 12.3. The zero-order valence-electron chi connectivity index (χ0n) is 14.8. The number of hydrogen-bond donors (Lipinski definition) is 2. The van der Waals surface area contributed by atoms with Gasteiger partial charge in [-0.05, 0) is 43.7 Å². The first kappa shape index (κ1) is 17.1. The summed E-state index contributed by atoms with van der Waals surface area (Å²) in [7, 11) is 0. The Morgan fingerprint density at radius 3 is 2.84 bits per heavy atom. The maximum Gasteiger partial charge on any atom is 0.289 e. The first-order valence-electron chi connectivity index (χ1n) is 9.71. The van der Waals surface area contributed by atoms with Crippen molar-refractivity contribution in [2.75, 3.05) is 32.8 Å². The van der Waals surface area contributed by atoms with Gasteiger partial charge < -0.3 is 24.7 Å². The average Bonchev–Trinajstić information content (AvgIpc) is 3.35. The monoisotopic (exact) mass is 347 g/mol. The number of piperidine rings is 1. The Labute approximate surface area is 149 Å². The van der Waals surface area contributed by atoms with Gasteiger partial charge in [-0.3, -0.25) is 4.79 Å². The lowest BCUT2D eigenvalue weighted by Crippen LogP contribution is -2.54. The van der Waals surface area contributed by atoms with E-state index in [0.717, 1.165) is 45.7 Å². The van der Waals surface area contributed by atoms with Gasteiger partial charge in [0.2, 0.25) is 0 Å². The van der Waals surface area contributed by atoms with Crippen molar-refractivity contribution in [3.8, 4) is 0 Å². The molecule has 2 saturated heterocycles. The molecule has 0 spiro atoms. The second kappa shape index (κ2) is 7.89. The van der Waals surface area contributed by atoms with Gasteiger partial charge in [0.1, 0.15) is 0 Å². The Morgan fingerprint density at radius 1 is 1.24 bits per heavy atom. The number of morpholine rings is 1. The molecule has 3 heterocycles. The first-order valence-corrected chi connectivity index (χ1v) is 9.71. The Morgan fingerprint density at radius 2 is 2.12 bits per heavy atom. The number of likely N-dealkylation sites (tertiary alicyclic amines) is 1. The van der Waals surface area contributed by atoms with E-state index in [0.29, 0.717) is 29.8 Å². The molecule has 6 nitrogen and oxygen atoms in total. The molecule has 1 aliphatic carbocycles. The van der Waals surface area contributed by atoms with Gasteiger partial charge in [0.05, 0.1) is 19.5 Å². The van der Waals surface area contributed by atoms with Crippen LogP contribution in [0.2, 0.25) is 0 Å². The van der Waals surface area contributed by atoms with Crippen LogP contribution in [0, 0.1) is 5.92 Å². The fourth-order valence-corrected chi connectivity index (χ4v) is 4.65. The van der Waals surface area contributed by atoms with E-state index in [-0.39, 0.29) is 5.91 Å². The van der Waals surface area contributed by atoms with Gasteiger partial charge in [-0.1, -0.05) is 6.42 Å². The van der Waals surface area contributed by atoms with Crippen molar-refractivity contribution in [2.45, 2.75) is 50.2 Å². The number of furan rings is 1. The number of carbonyl (C=O) groups is 1. The van der Waals surface area contributed by atoms with Gasteiger partial charge >= 0.3 is 0 Å². The molecule has 2 aliphatic heterocycles. The summed E-state index contributed by atoms with van der Waals surface area (Å²) in [5.74, 6) is 1.14. The number of ether oxygens (including phenoxy) is 1. The van der Waals surface area contributed by atoms with E-state index in [9.17, 15) is 4.79 Å². The smallest absolute Gasteiger partial charge is 0.289 e. The third-order valence-corrected chi connectivity index (χ3v) is 6.00. The predicted octanol–water partition coefficient (Wildman–Crippen LogP) is 1.63. The summed E-state index contributed by atoms with van der Waals surface area (Å²) in [5.41, 5.74) is 0. The number of nitrogens with zero attached hydrogens (tertiary/aromatic N) is 1. The summed E-state index contributed by atoms with van der Waals surface area (Å²) in [5, 5.41) is 7.54. The molecule has 1 amide bonds. The van der Waals surface area contributed by atoms with E-state index in [2.05, 4.69) is 10.6 Å². The van der Waals surface area contributed by atoms with Crippen LogP contribution < -0.4 is 10.6 Å². The zero-order valence-corrected chi connectivity index (χ0v) is 14.8. The Hall–Kier alpha value is -1.37. The van der Waals surface area contributed by atoms with Gasteiger partial charge in [0, 0.05) is 37.8 Å². The maximum atomic E-state index is 12.4. The average molecular weight is 347 g/mol. The lowest BCUT2D eigenvalue weighted by molar-refractivity contribution is 0.0498. The molecule has 1 aromatic rings. The van der Waals surface area contributed by atoms with E-state index >= 15 is 0 Å². The molecule has 1 aromatic heterocycles. The molecule has 0 aromatic carbocycles. The van der Waals surface area contributed by atoms with Crippen molar-refractivity contribution in [3.05, 3.63) is 24.2 Å². The molecule has 0 radical (unpaired) electrons. The number of hydrogen-bond acceptors (Lipinski definition) is 5. The Balaban J connectivity index is 1.27. The van der Waals surface area contributed by atoms with Gasteiger partial charge in [-0.15, -0.1) is 0 Å². The summed E-state index contributed by atoms with van der Waals surface area (Å²) in [4.78, 5) is 14.3. The second-order valence-electron chi connectivity index (χ2n) is 7.55. The van der Waals surface area contributed by atoms with Crippen molar-refractivity contribution >= 4 is 5.91 Å². The quantitative estimate of drug-likeness (QED) is 0.867. The third-order valence-electron chi connectivity index (χ3n) is 6.00. The van der Waals surface area contributed by atoms with Crippen LogP contribution >= 0.6 is 0 Å². The molecular weight excluding hydrogens is 318 g/mol. The van der Waals surface area contributed by atoms with Crippen molar-refractivity contribution in [1.29, 1.82) is 0 Å². The van der Waals surface area contributed by atoms with Gasteiger partial charge in [-0.25, -0.2) is 0 Å². The van der Waals surface area contributed by atoms with Crippen LogP contribution in [0.15, 0.2) is 22.8 Å². The summed E-state index contributed by atoms with van der Waals surface area (Å²) in [6.45, 7) is 4.27. The fraction of sp³-hybridized carbons (Fsp3) is 0.737. The van der Waals surface area contributed by atoms with Gasteiger partial charge in [0.25, 0.3) is 5.91 Å². The molecule has 2 N–H and O–H groups in total. The summed E-state index contributed by atoms with van der Waals surface area (Å²) in [6, 6.07) is 5.10. The lowest BCUT2D eigenvalue weighted by Gasteiger charge is -2.37. The largest absolute Gasteiger partial charge is 0.459 e.